The van der Waals surface area contributed by atoms with Crippen molar-refractivity contribution in [3.63, 3.8) is 0 Å². The Bertz CT molecular complexity index is 737. The monoisotopic (exact) mass is 416 g/mol. The Balaban J connectivity index is 1.90. The molecular weight excluding hydrogens is 388 g/mol. The van der Waals surface area contributed by atoms with Crippen LogP contribution in [-0.4, -0.2) is 38.4 Å². The summed E-state index contributed by atoms with van der Waals surface area (Å²) < 4.78 is 18.0. The zero-order chi connectivity index (χ0) is 20.2. The number of carbonyl (C=O) groups is 1. The Kier molecular flexibility index (Phi) is 6.65. The van der Waals surface area contributed by atoms with Gasteiger partial charge < -0.3 is 13.9 Å². The number of benzene rings is 2. The predicted octanol–water partition coefficient (Wildman–Crippen LogP) is 3.54. The van der Waals surface area contributed by atoms with Crippen LogP contribution in [0.15, 0.2) is 60.7 Å². The minimum absolute atomic E-state index is 0.0751. The first-order valence-electron chi connectivity index (χ1n) is 9.52. The van der Waals surface area contributed by atoms with Crippen LogP contribution in [0, 0.1) is 0 Å². The van der Waals surface area contributed by atoms with Crippen LogP contribution in [0.5, 0.6) is 0 Å². The number of rotatable bonds is 6. The first-order chi connectivity index (χ1) is 13.3. The van der Waals surface area contributed by atoms with Crippen molar-refractivity contribution in [1.82, 2.24) is 0 Å². The summed E-state index contributed by atoms with van der Waals surface area (Å²) in [5.74, 6) is -0.283. The van der Waals surface area contributed by atoms with E-state index in [1.165, 1.54) is 29.1 Å². The van der Waals surface area contributed by atoms with E-state index in [1.807, 2.05) is 12.1 Å². The average molecular weight is 417 g/mol. The van der Waals surface area contributed by atoms with Crippen molar-refractivity contribution in [2.75, 3.05) is 13.2 Å². The molecule has 0 amide bonds. The van der Waals surface area contributed by atoms with E-state index in [0.29, 0.717) is 13.2 Å². The summed E-state index contributed by atoms with van der Waals surface area (Å²) in [4.78, 5) is 11.2. The fourth-order valence-electron chi connectivity index (χ4n) is 3.72. The van der Waals surface area contributed by atoms with E-state index in [1.54, 1.807) is 0 Å². The molecule has 28 heavy (non-hydrogen) atoms. The summed E-state index contributed by atoms with van der Waals surface area (Å²) in [6.07, 6.45) is 0. The molecule has 6 heteroatoms. The first-order valence-corrected chi connectivity index (χ1v) is 12.4. The molecule has 0 spiro atoms. The lowest BCUT2D eigenvalue weighted by atomic mass is 10.2. The number of hydrogen-bond acceptors (Lipinski definition) is 5. The van der Waals surface area contributed by atoms with Crippen molar-refractivity contribution < 1.29 is 18.7 Å². The molecule has 0 aliphatic carbocycles. The molecule has 2 atom stereocenters. The molecule has 1 saturated heterocycles. The second-order valence-electron chi connectivity index (χ2n) is 7.91. The number of carbonyl (C=O) groups excluding carboxylic acids is 1. The van der Waals surface area contributed by atoms with Gasteiger partial charge in [-0.1, -0.05) is 93.2 Å². The summed E-state index contributed by atoms with van der Waals surface area (Å²) >= 11 is 1.51. The SMILES string of the molecule is CC(=O)O[C@H]1CO[C@H](CO[Si](c2ccccc2)(c2ccccc2)C(C)(C)C)S1. The highest BCUT2D eigenvalue weighted by atomic mass is 32.2. The molecule has 150 valence electrons. The number of thioether (sulfide) groups is 1. The van der Waals surface area contributed by atoms with Crippen LogP contribution in [0.1, 0.15) is 27.7 Å². The van der Waals surface area contributed by atoms with E-state index < -0.39 is 8.32 Å². The van der Waals surface area contributed by atoms with Crippen LogP contribution >= 0.6 is 11.8 Å². The molecule has 1 aliphatic rings. The Hall–Kier alpha value is -1.60. The standard InChI is InChI=1S/C22H28O4SSi/c1-17(23)26-21-15-24-20(27-21)16-25-28(22(2,3)4,18-11-7-5-8-12-18)19-13-9-6-10-14-19/h5-14,20-21H,15-16H2,1-4H3/t20-,21+/m0/s1. The zero-order valence-corrected chi connectivity index (χ0v) is 18.7. The predicted molar refractivity (Wildman–Crippen MR) is 116 cm³/mol. The molecule has 1 heterocycles. The fraction of sp³-hybridized carbons (Fsp3) is 0.409. The topological polar surface area (TPSA) is 44.8 Å². The normalized spacial score (nSPS) is 20.1. The van der Waals surface area contributed by atoms with Crippen molar-refractivity contribution in [2.24, 2.45) is 0 Å². The molecule has 1 fully saturated rings. The van der Waals surface area contributed by atoms with Gasteiger partial charge >= 0.3 is 5.97 Å². The van der Waals surface area contributed by atoms with Gasteiger partial charge in [-0.2, -0.15) is 0 Å². The van der Waals surface area contributed by atoms with Crippen molar-refractivity contribution >= 4 is 36.4 Å². The third-order valence-corrected chi connectivity index (χ3v) is 11.0. The molecule has 3 rings (SSSR count). The van der Waals surface area contributed by atoms with Crippen molar-refractivity contribution in [3.05, 3.63) is 60.7 Å². The summed E-state index contributed by atoms with van der Waals surface area (Å²) in [6, 6.07) is 21.1. The van der Waals surface area contributed by atoms with E-state index in [0.717, 1.165) is 0 Å². The Morgan fingerprint density at radius 1 is 1.07 bits per heavy atom. The van der Waals surface area contributed by atoms with Gasteiger partial charge in [-0.05, 0) is 15.4 Å². The van der Waals surface area contributed by atoms with Crippen LogP contribution in [-0.2, 0) is 18.7 Å². The second kappa shape index (κ2) is 8.82. The Morgan fingerprint density at radius 3 is 2.07 bits per heavy atom. The zero-order valence-electron chi connectivity index (χ0n) is 16.9. The van der Waals surface area contributed by atoms with Gasteiger partial charge in [0.15, 0.2) is 5.44 Å². The van der Waals surface area contributed by atoms with Crippen molar-refractivity contribution in [2.45, 2.75) is 43.6 Å². The molecule has 0 bridgehead atoms. The molecule has 1 aliphatic heterocycles. The van der Waals surface area contributed by atoms with E-state index in [2.05, 4.69) is 69.3 Å². The minimum atomic E-state index is -2.57. The van der Waals surface area contributed by atoms with Crippen LogP contribution in [0.2, 0.25) is 5.04 Å². The van der Waals surface area contributed by atoms with Crippen molar-refractivity contribution in [3.8, 4) is 0 Å². The molecule has 0 aromatic heterocycles. The molecular formula is C22H28O4SSi. The maximum atomic E-state index is 11.2. The lowest BCUT2D eigenvalue weighted by Gasteiger charge is -2.43. The van der Waals surface area contributed by atoms with Gasteiger partial charge in [0.1, 0.15) is 5.44 Å². The average Bonchev–Trinajstić information content (AvgIpc) is 3.09. The minimum Gasteiger partial charge on any atom is -0.449 e. The Morgan fingerprint density at radius 2 is 1.61 bits per heavy atom. The third-order valence-electron chi connectivity index (χ3n) is 4.87. The quantitative estimate of drug-likeness (QED) is 0.532. The van der Waals surface area contributed by atoms with E-state index in [9.17, 15) is 4.79 Å². The van der Waals surface area contributed by atoms with Gasteiger partial charge in [0.25, 0.3) is 8.32 Å². The molecule has 2 aromatic rings. The van der Waals surface area contributed by atoms with Gasteiger partial charge in [-0.15, -0.1) is 0 Å². The molecule has 0 N–H and O–H groups in total. The van der Waals surface area contributed by atoms with Gasteiger partial charge in [0.2, 0.25) is 0 Å². The van der Waals surface area contributed by atoms with Gasteiger partial charge in [-0.3, -0.25) is 4.79 Å². The summed E-state index contributed by atoms with van der Waals surface area (Å²) in [7, 11) is -2.57. The number of esters is 1. The van der Waals surface area contributed by atoms with E-state index in [-0.39, 0.29) is 21.9 Å². The van der Waals surface area contributed by atoms with E-state index >= 15 is 0 Å². The van der Waals surface area contributed by atoms with Gasteiger partial charge in [-0.25, -0.2) is 0 Å². The molecule has 0 saturated carbocycles. The van der Waals surface area contributed by atoms with Crippen LogP contribution in [0.4, 0.5) is 0 Å². The second-order valence-corrected chi connectivity index (χ2v) is 13.5. The summed E-state index contributed by atoms with van der Waals surface area (Å²) in [6.45, 7) is 9.04. The van der Waals surface area contributed by atoms with Crippen LogP contribution < -0.4 is 10.4 Å². The number of hydrogen-bond donors (Lipinski definition) is 0. The molecule has 0 radical (unpaired) electrons. The highest BCUT2D eigenvalue weighted by molar-refractivity contribution is 8.00. The smallest absolute Gasteiger partial charge is 0.303 e. The van der Waals surface area contributed by atoms with Crippen molar-refractivity contribution in [1.29, 1.82) is 0 Å². The summed E-state index contributed by atoms with van der Waals surface area (Å²) in [5, 5.41) is 2.41. The van der Waals surface area contributed by atoms with Gasteiger partial charge in [0.05, 0.1) is 13.2 Å². The van der Waals surface area contributed by atoms with E-state index in [4.69, 9.17) is 13.9 Å². The Labute approximate surface area is 172 Å². The van der Waals surface area contributed by atoms with Gasteiger partial charge in [0, 0.05) is 6.92 Å². The third kappa shape index (κ3) is 4.51. The fourth-order valence-corrected chi connectivity index (χ4v) is 9.39. The summed E-state index contributed by atoms with van der Waals surface area (Å²) in [5.41, 5.74) is -0.406. The first kappa shape index (κ1) is 21.1. The van der Waals surface area contributed by atoms with Crippen LogP contribution in [0.3, 0.4) is 0 Å². The molecule has 2 aromatic carbocycles. The van der Waals surface area contributed by atoms with Crippen LogP contribution in [0.25, 0.3) is 0 Å². The molecule has 4 nitrogen and oxygen atoms in total. The highest BCUT2D eigenvalue weighted by Crippen LogP contribution is 2.38. The lowest BCUT2D eigenvalue weighted by Crippen LogP contribution is -2.67. The molecule has 0 unspecified atom stereocenters. The highest BCUT2D eigenvalue weighted by Gasteiger charge is 2.50. The largest absolute Gasteiger partial charge is 0.449 e. The maximum absolute atomic E-state index is 11.2. The lowest BCUT2D eigenvalue weighted by molar-refractivity contribution is -0.143. The maximum Gasteiger partial charge on any atom is 0.303 e. The number of ether oxygens (including phenoxy) is 2.